The number of hydrogen-bond donors (Lipinski definition) is 1. The minimum atomic E-state index is -0.999. The van der Waals surface area contributed by atoms with E-state index in [1.807, 2.05) is 38.1 Å². The lowest BCUT2D eigenvalue weighted by Gasteiger charge is -2.37. The van der Waals surface area contributed by atoms with Gasteiger partial charge in [0, 0.05) is 4.70 Å². The first-order valence-electron chi connectivity index (χ1n) is 12.8. The van der Waals surface area contributed by atoms with Gasteiger partial charge in [0.1, 0.15) is 12.4 Å². The van der Waals surface area contributed by atoms with Crippen molar-refractivity contribution in [3.63, 3.8) is 0 Å². The average Bonchev–Trinajstić information content (AvgIpc) is 3.24. The SMILES string of the molecule is Cc1c(-c2cc(C(=O)O)c3c(OCC4CCC(C)(OCCF)CC4)ccc(C)c3n2)sc2ccccc12. The second-order valence-corrected chi connectivity index (χ2v) is 11.3. The molecule has 1 aliphatic rings. The van der Waals surface area contributed by atoms with Crippen LogP contribution in [0.3, 0.4) is 0 Å². The summed E-state index contributed by atoms with van der Waals surface area (Å²) in [6.45, 7) is 6.23. The maximum absolute atomic E-state index is 12.5. The van der Waals surface area contributed by atoms with Crippen LogP contribution in [0.15, 0.2) is 42.5 Å². The van der Waals surface area contributed by atoms with Crippen molar-refractivity contribution in [2.24, 2.45) is 5.92 Å². The first-order chi connectivity index (χ1) is 17.8. The van der Waals surface area contributed by atoms with E-state index in [0.29, 0.717) is 34.9 Å². The Morgan fingerprint density at radius 3 is 2.65 bits per heavy atom. The Morgan fingerprint density at radius 2 is 1.95 bits per heavy atom. The van der Waals surface area contributed by atoms with Crippen molar-refractivity contribution in [2.45, 2.75) is 52.1 Å². The van der Waals surface area contributed by atoms with Crippen molar-refractivity contribution < 1.29 is 23.8 Å². The van der Waals surface area contributed by atoms with E-state index in [9.17, 15) is 14.3 Å². The van der Waals surface area contributed by atoms with Gasteiger partial charge in [-0.25, -0.2) is 14.2 Å². The molecule has 5 nitrogen and oxygen atoms in total. The number of halogens is 1. The van der Waals surface area contributed by atoms with E-state index >= 15 is 0 Å². The number of carboxylic acid groups (broad SMARTS) is 1. The van der Waals surface area contributed by atoms with Crippen molar-refractivity contribution >= 4 is 38.3 Å². The number of benzene rings is 2. The fraction of sp³-hybridized carbons (Fsp3) is 0.400. The Hall–Kier alpha value is -3.03. The molecule has 37 heavy (non-hydrogen) atoms. The van der Waals surface area contributed by atoms with Gasteiger partial charge in [0.15, 0.2) is 0 Å². The lowest BCUT2D eigenvalue weighted by Crippen LogP contribution is -2.36. The largest absolute Gasteiger partial charge is 0.493 e. The number of nitrogens with zero attached hydrogens (tertiary/aromatic N) is 1. The molecule has 0 saturated heterocycles. The predicted octanol–water partition coefficient (Wildman–Crippen LogP) is 7.75. The first-order valence-corrected chi connectivity index (χ1v) is 13.6. The van der Waals surface area contributed by atoms with E-state index in [1.165, 1.54) is 0 Å². The van der Waals surface area contributed by atoms with Gasteiger partial charge in [-0.3, -0.25) is 0 Å². The molecule has 1 aliphatic carbocycles. The Balaban J connectivity index is 1.46. The molecule has 0 bridgehead atoms. The maximum Gasteiger partial charge on any atom is 0.336 e. The third-order valence-electron chi connectivity index (χ3n) is 7.60. The molecule has 0 amide bonds. The summed E-state index contributed by atoms with van der Waals surface area (Å²) in [5.74, 6) is -0.117. The number of fused-ring (bicyclic) bond motifs is 2. The molecule has 194 valence electrons. The van der Waals surface area contributed by atoms with E-state index in [1.54, 1.807) is 17.4 Å². The summed E-state index contributed by atoms with van der Waals surface area (Å²) in [6, 6.07) is 13.7. The number of carbonyl (C=O) groups is 1. The van der Waals surface area contributed by atoms with Crippen molar-refractivity contribution in [3.05, 3.63) is 59.2 Å². The zero-order valence-corrected chi connectivity index (χ0v) is 22.3. The number of aromatic nitrogens is 1. The molecule has 0 unspecified atom stereocenters. The molecule has 7 heteroatoms. The van der Waals surface area contributed by atoms with Crippen LogP contribution in [0.2, 0.25) is 0 Å². The third-order valence-corrected chi connectivity index (χ3v) is 8.89. The van der Waals surface area contributed by atoms with E-state index in [4.69, 9.17) is 14.5 Å². The molecule has 2 aromatic heterocycles. The highest BCUT2D eigenvalue weighted by atomic mass is 32.1. The summed E-state index contributed by atoms with van der Waals surface area (Å²) < 4.78 is 25.7. The van der Waals surface area contributed by atoms with Crippen molar-refractivity contribution in [1.82, 2.24) is 4.98 Å². The average molecular weight is 522 g/mol. The molecular formula is C30H32FNO4S. The molecule has 0 spiro atoms. The van der Waals surface area contributed by atoms with Gasteiger partial charge >= 0.3 is 5.97 Å². The van der Waals surface area contributed by atoms with E-state index < -0.39 is 12.6 Å². The summed E-state index contributed by atoms with van der Waals surface area (Å²) >= 11 is 1.63. The highest BCUT2D eigenvalue weighted by Crippen LogP contribution is 2.41. The van der Waals surface area contributed by atoms with Gasteiger partial charge in [-0.2, -0.15) is 0 Å². The van der Waals surface area contributed by atoms with Gasteiger partial charge in [-0.15, -0.1) is 11.3 Å². The van der Waals surface area contributed by atoms with Crippen LogP contribution in [-0.2, 0) is 4.74 Å². The lowest BCUT2D eigenvalue weighted by atomic mass is 9.80. The zero-order chi connectivity index (χ0) is 26.2. The predicted molar refractivity (Wildman–Crippen MR) is 147 cm³/mol. The van der Waals surface area contributed by atoms with Gasteiger partial charge in [-0.1, -0.05) is 24.3 Å². The fourth-order valence-electron chi connectivity index (χ4n) is 5.36. The second kappa shape index (κ2) is 10.4. The topological polar surface area (TPSA) is 68.7 Å². The van der Waals surface area contributed by atoms with E-state index in [-0.39, 0.29) is 17.8 Å². The van der Waals surface area contributed by atoms with Gasteiger partial charge in [-0.05, 0) is 87.1 Å². The highest BCUT2D eigenvalue weighted by molar-refractivity contribution is 7.22. The quantitative estimate of drug-likeness (QED) is 0.257. The molecule has 0 aliphatic heterocycles. The Bertz CT molecular complexity index is 1460. The first kappa shape index (κ1) is 25.6. The number of thiophene rings is 1. The second-order valence-electron chi connectivity index (χ2n) is 10.3. The monoisotopic (exact) mass is 521 g/mol. The van der Waals surface area contributed by atoms with Gasteiger partial charge in [0.05, 0.1) is 45.9 Å². The zero-order valence-electron chi connectivity index (χ0n) is 21.5. The Morgan fingerprint density at radius 1 is 1.19 bits per heavy atom. The molecule has 2 heterocycles. The molecule has 1 N–H and O–H groups in total. The number of ether oxygens (including phenoxy) is 2. The Kier molecular flexibility index (Phi) is 7.19. The molecule has 0 radical (unpaired) electrons. The van der Waals surface area contributed by atoms with Crippen LogP contribution < -0.4 is 4.74 Å². The molecule has 4 aromatic rings. The summed E-state index contributed by atoms with van der Waals surface area (Å²) in [7, 11) is 0. The lowest BCUT2D eigenvalue weighted by molar-refractivity contribution is -0.0707. The van der Waals surface area contributed by atoms with Gasteiger partial charge in [0.2, 0.25) is 0 Å². The maximum atomic E-state index is 12.5. The number of pyridine rings is 1. The summed E-state index contributed by atoms with van der Waals surface area (Å²) in [6.07, 6.45) is 3.56. The summed E-state index contributed by atoms with van der Waals surface area (Å²) in [4.78, 5) is 18.4. The van der Waals surface area contributed by atoms with Gasteiger partial charge in [0.25, 0.3) is 0 Å². The molecular weight excluding hydrogens is 489 g/mol. The molecule has 1 fully saturated rings. The number of aryl methyl sites for hydroxylation is 2. The minimum Gasteiger partial charge on any atom is -0.493 e. The molecule has 1 saturated carbocycles. The van der Waals surface area contributed by atoms with Gasteiger partial charge < -0.3 is 14.6 Å². The van der Waals surface area contributed by atoms with Crippen LogP contribution in [0.25, 0.3) is 31.6 Å². The Labute approximate surface area is 220 Å². The highest BCUT2D eigenvalue weighted by Gasteiger charge is 2.32. The van der Waals surface area contributed by atoms with Crippen molar-refractivity contribution in [2.75, 3.05) is 19.9 Å². The molecule has 2 aromatic carbocycles. The smallest absolute Gasteiger partial charge is 0.336 e. The number of aromatic carboxylic acids is 1. The van der Waals surface area contributed by atoms with E-state index in [2.05, 4.69) is 19.1 Å². The minimum absolute atomic E-state index is 0.140. The third kappa shape index (κ3) is 5.07. The van der Waals surface area contributed by atoms with E-state index in [0.717, 1.165) is 51.8 Å². The molecule has 0 atom stereocenters. The standard InChI is InChI=1S/C30H32FNO4S/c1-18-8-9-24(35-17-20-10-12-30(3,13-11-20)36-15-14-31)26-22(29(33)34)16-23(32-27(18)26)28-19(2)21-6-4-5-7-25(21)37-28/h4-9,16,20H,10-15,17H2,1-3H3,(H,33,34). The number of alkyl halides is 1. The summed E-state index contributed by atoms with van der Waals surface area (Å²) in [5, 5.41) is 11.9. The number of carboxylic acids is 1. The van der Waals surface area contributed by atoms with Crippen LogP contribution in [0.4, 0.5) is 4.39 Å². The van der Waals surface area contributed by atoms with Crippen LogP contribution in [-0.4, -0.2) is 41.5 Å². The van der Waals surface area contributed by atoms with Crippen LogP contribution in [0.5, 0.6) is 5.75 Å². The molecule has 5 rings (SSSR count). The fourth-order valence-corrected chi connectivity index (χ4v) is 6.53. The van der Waals surface area contributed by atoms with Crippen molar-refractivity contribution in [3.8, 4) is 16.3 Å². The van der Waals surface area contributed by atoms with Crippen molar-refractivity contribution in [1.29, 1.82) is 0 Å². The number of rotatable bonds is 8. The van der Waals surface area contributed by atoms with Crippen LogP contribution in [0, 0.1) is 19.8 Å². The number of hydrogen-bond acceptors (Lipinski definition) is 5. The summed E-state index contributed by atoms with van der Waals surface area (Å²) in [5.41, 5.74) is 3.26. The normalized spacial score (nSPS) is 19.9. The van der Waals surface area contributed by atoms with Crippen LogP contribution >= 0.6 is 11.3 Å². The van der Waals surface area contributed by atoms with Crippen LogP contribution in [0.1, 0.15) is 54.1 Å².